The predicted molar refractivity (Wildman–Crippen MR) is 66.5 cm³/mol. The fourth-order valence-corrected chi connectivity index (χ4v) is 2.33. The molecule has 1 fully saturated rings. The molecule has 88 valence electrons. The molecule has 0 saturated carbocycles. The quantitative estimate of drug-likeness (QED) is 0.897. The van der Waals surface area contributed by atoms with Crippen molar-refractivity contribution in [2.75, 3.05) is 18.9 Å². The molecule has 0 aromatic carbocycles. The van der Waals surface area contributed by atoms with E-state index in [0.717, 1.165) is 25.2 Å². The van der Waals surface area contributed by atoms with E-state index in [1.54, 1.807) is 10.8 Å². The second kappa shape index (κ2) is 4.59. The first-order valence-corrected chi connectivity index (χ1v) is 6.11. The molecule has 1 atom stereocenters. The van der Waals surface area contributed by atoms with Crippen molar-refractivity contribution in [2.24, 2.45) is 5.92 Å². The van der Waals surface area contributed by atoms with E-state index in [0.29, 0.717) is 22.6 Å². The number of pyridine rings is 1. The van der Waals surface area contributed by atoms with Gasteiger partial charge in [-0.2, -0.15) is 0 Å². The van der Waals surface area contributed by atoms with Crippen LogP contribution in [0.4, 0.5) is 5.69 Å². The lowest BCUT2D eigenvalue weighted by molar-refractivity contribution is 0.182. The molecule has 1 aliphatic rings. The number of nitrogens with zero attached hydrogens (tertiary/aromatic N) is 1. The first-order valence-electron chi connectivity index (χ1n) is 5.32. The molecular formula is C11H15BrN2O2. The van der Waals surface area contributed by atoms with Crippen LogP contribution in [0.3, 0.4) is 0 Å². The van der Waals surface area contributed by atoms with E-state index in [4.69, 9.17) is 10.5 Å². The van der Waals surface area contributed by atoms with Crippen LogP contribution in [0.15, 0.2) is 15.5 Å². The maximum absolute atomic E-state index is 11.9. The van der Waals surface area contributed by atoms with Gasteiger partial charge in [0.15, 0.2) is 0 Å². The van der Waals surface area contributed by atoms with Crippen LogP contribution >= 0.6 is 15.9 Å². The Labute approximate surface area is 103 Å². The predicted octanol–water partition coefficient (Wildman–Crippen LogP) is 1.54. The van der Waals surface area contributed by atoms with Crippen LogP contribution in [0.1, 0.15) is 12.0 Å². The molecule has 1 aromatic rings. The van der Waals surface area contributed by atoms with Gasteiger partial charge in [0, 0.05) is 25.3 Å². The van der Waals surface area contributed by atoms with Crippen molar-refractivity contribution in [1.82, 2.24) is 4.57 Å². The Morgan fingerprint density at radius 2 is 2.44 bits per heavy atom. The summed E-state index contributed by atoms with van der Waals surface area (Å²) < 4.78 is 7.53. The number of halogens is 1. The Morgan fingerprint density at radius 1 is 1.69 bits per heavy atom. The molecule has 0 aliphatic carbocycles. The molecule has 0 bridgehead atoms. The van der Waals surface area contributed by atoms with Crippen molar-refractivity contribution in [1.29, 1.82) is 0 Å². The maximum atomic E-state index is 11.9. The third-order valence-corrected chi connectivity index (χ3v) is 3.92. The maximum Gasteiger partial charge on any atom is 0.265 e. The van der Waals surface area contributed by atoms with Crippen LogP contribution in [0.2, 0.25) is 0 Å². The van der Waals surface area contributed by atoms with E-state index in [1.807, 2.05) is 6.92 Å². The summed E-state index contributed by atoms with van der Waals surface area (Å²) in [7, 11) is 0. The van der Waals surface area contributed by atoms with Gasteiger partial charge >= 0.3 is 0 Å². The third kappa shape index (κ3) is 2.15. The number of anilines is 1. The molecule has 2 N–H and O–H groups in total. The summed E-state index contributed by atoms with van der Waals surface area (Å²) >= 11 is 3.29. The zero-order chi connectivity index (χ0) is 11.7. The standard InChI is InChI=1S/C11H15BrN2O2/c1-7-9(13)5-14(11(15)10(7)12)4-8-2-3-16-6-8/h5,8H,2-4,6,13H2,1H3. The lowest BCUT2D eigenvalue weighted by Crippen LogP contribution is -2.25. The summed E-state index contributed by atoms with van der Waals surface area (Å²) in [6.07, 6.45) is 2.73. The smallest absolute Gasteiger partial charge is 0.265 e. The van der Waals surface area contributed by atoms with Crippen LogP contribution in [-0.2, 0) is 11.3 Å². The van der Waals surface area contributed by atoms with Gasteiger partial charge in [-0.15, -0.1) is 0 Å². The molecule has 0 amide bonds. The number of rotatable bonds is 2. The van der Waals surface area contributed by atoms with Crippen LogP contribution in [-0.4, -0.2) is 17.8 Å². The largest absolute Gasteiger partial charge is 0.397 e. The first kappa shape index (κ1) is 11.7. The highest BCUT2D eigenvalue weighted by Crippen LogP contribution is 2.19. The summed E-state index contributed by atoms with van der Waals surface area (Å²) in [6.45, 7) is 4.05. The average molecular weight is 287 g/mol. The van der Waals surface area contributed by atoms with E-state index in [2.05, 4.69) is 15.9 Å². The summed E-state index contributed by atoms with van der Waals surface area (Å²) in [5, 5.41) is 0. The lowest BCUT2D eigenvalue weighted by Gasteiger charge is -2.13. The zero-order valence-corrected chi connectivity index (χ0v) is 10.8. The van der Waals surface area contributed by atoms with Gasteiger partial charge in [-0.25, -0.2) is 0 Å². The second-order valence-corrected chi connectivity index (χ2v) is 5.00. The Hall–Kier alpha value is -0.810. The highest BCUT2D eigenvalue weighted by molar-refractivity contribution is 9.10. The summed E-state index contributed by atoms with van der Waals surface area (Å²) in [6, 6.07) is 0. The minimum atomic E-state index is -0.0152. The molecular weight excluding hydrogens is 272 g/mol. The van der Waals surface area contributed by atoms with E-state index < -0.39 is 0 Å². The van der Waals surface area contributed by atoms with Gasteiger partial charge in [0.1, 0.15) is 0 Å². The van der Waals surface area contributed by atoms with Crippen molar-refractivity contribution in [3.63, 3.8) is 0 Å². The van der Waals surface area contributed by atoms with Crippen molar-refractivity contribution >= 4 is 21.6 Å². The van der Waals surface area contributed by atoms with Gasteiger partial charge in [-0.1, -0.05) is 0 Å². The van der Waals surface area contributed by atoms with Crippen molar-refractivity contribution in [3.05, 3.63) is 26.6 Å². The Morgan fingerprint density at radius 3 is 3.06 bits per heavy atom. The van der Waals surface area contributed by atoms with Gasteiger partial charge in [0.2, 0.25) is 0 Å². The van der Waals surface area contributed by atoms with Crippen molar-refractivity contribution in [2.45, 2.75) is 19.9 Å². The first-order chi connectivity index (χ1) is 7.59. The van der Waals surface area contributed by atoms with Crippen LogP contribution in [0, 0.1) is 12.8 Å². The molecule has 1 saturated heterocycles. The van der Waals surface area contributed by atoms with Gasteiger partial charge in [0.05, 0.1) is 16.8 Å². The molecule has 0 spiro atoms. The van der Waals surface area contributed by atoms with E-state index in [1.165, 1.54) is 0 Å². The number of hydrogen-bond acceptors (Lipinski definition) is 3. The topological polar surface area (TPSA) is 57.2 Å². The van der Waals surface area contributed by atoms with Gasteiger partial charge in [-0.05, 0) is 34.8 Å². The molecule has 1 unspecified atom stereocenters. The number of aromatic nitrogens is 1. The Kier molecular flexibility index (Phi) is 3.35. The molecule has 2 rings (SSSR count). The zero-order valence-electron chi connectivity index (χ0n) is 9.20. The van der Waals surface area contributed by atoms with Crippen molar-refractivity contribution < 1.29 is 4.74 Å². The normalized spacial score (nSPS) is 20.2. The minimum Gasteiger partial charge on any atom is -0.397 e. The van der Waals surface area contributed by atoms with Crippen LogP contribution in [0.5, 0.6) is 0 Å². The number of ether oxygens (including phenoxy) is 1. The molecule has 16 heavy (non-hydrogen) atoms. The lowest BCUT2D eigenvalue weighted by atomic mass is 10.1. The Bertz CT molecular complexity index is 450. The fourth-order valence-electron chi connectivity index (χ4n) is 1.88. The fraction of sp³-hybridized carbons (Fsp3) is 0.545. The average Bonchev–Trinajstić information content (AvgIpc) is 2.76. The number of nitrogens with two attached hydrogens (primary N) is 1. The SMILES string of the molecule is Cc1c(N)cn(CC2CCOC2)c(=O)c1Br. The molecule has 2 heterocycles. The molecule has 1 aliphatic heterocycles. The molecule has 4 nitrogen and oxygen atoms in total. The summed E-state index contributed by atoms with van der Waals surface area (Å²) in [4.78, 5) is 11.9. The van der Waals surface area contributed by atoms with Gasteiger partial charge < -0.3 is 15.0 Å². The highest BCUT2D eigenvalue weighted by Gasteiger charge is 2.18. The van der Waals surface area contributed by atoms with Gasteiger partial charge in [0.25, 0.3) is 5.56 Å². The second-order valence-electron chi connectivity index (χ2n) is 4.21. The Balaban J connectivity index is 2.30. The third-order valence-electron chi connectivity index (χ3n) is 2.98. The number of nitrogen functional groups attached to an aromatic ring is 1. The van der Waals surface area contributed by atoms with E-state index in [-0.39, 0.29) is 5.56 Å². The van der Waals surface area contributed by atoms with Crippen LogP contribution in [0.25, 0.3) is 0 Å². The molecule has 0 radical (unpaired) electrons. The molecule has 1 aromatic heterocycles. The summed E-state index contributed by atoms with van der Waals surface area (Å²) in [5.41, 5.74) is 7.28. The van der Waals surface area contributed by atoms with Gasteiger partial charge in [-0.3, -0.25) is 4.79 Å². The minimum absolute atomic E-state index is 0.0152. The van der Waals surface area contributed by atoms with E-state index in [9.17, 15) is 4.79 Å². The highest BCUT2D eigenvalue weighted by atomic mass is 79.9. The summed E-state index contributed by atoms with van der Waals surface area (Å²) in [5.74, 6) is 0.423. The van der Waals surface area contributed by atoms with Crippen molar-refractivity contribution in [3.8, 4) is 0 Å². The van der Waals surface area contributed by atoms with Crippen LogP contribution < -0.4 is 11.3 Å². The molecule has 5 heteroatoms. The number of hydrogen-bond donors (Lipinski definition) is 1. The monoisotopic (exact) mass is 286 g/mol. The van der Waals surface area contributed by atoms with E-state index >= 15 is 0 Å².